The molecule has 0 aliphatic heterocycles. The molecule has 4 aliphatic rings. The van der Waals surface area contributed by atoms with E-state index in [0.717, 1.165) is 38.7 Å². The Bertz CT molecular complexity index is 505. The van der Waals surface area contributed by atoms with E-state index in [1.807, 2.05) is 13.8 Å². The number of carbonyl (C=O) groups excluding carboxylic acids is 1. The zero-order valence-corrected chi connectivity index (χ0v) is 17.2. The molecule has 0 aromatic rings. The van der Waals surface area contributed by atoms with E-state index >= 15 is 0 Å². The molecule has 144 valence electrons. The molecule has 4 rings (SSSR count). The molecule has 0 aromatic heterocycles. The second-order valence-corrected chi connectivity index (χ2v) is 10.7. The van der Waals surface area contributed by atoms with Gasteiger partial charge in [-0.05, 0) is 96.3 Å². The molecule has 0 N–H and O–H groups in total. The van der Waals surface area contributed by atoms with Crippen LogP contribution in [0.3, 0.4) is 0 Å². The third-order valence-electron chi connectivity index (χ3n) is 7.49. The smallest absolute Gasteiger partial charge is 0.312 e. The van der Waals surface area contributed by atoms with E-state index in [1.54, 1.807) is 0 Å². The summed E-state index contributed by atoms with van der Waals surface area (Å²) < 4.78 is 12.7. The Morgan fingerprint density at radius 1 is 1.00 bits per heavy atom. The van der Waals surface area contributed by atoms with Gasteiger partial charge in [-0.25, -0.2) is 0 Å². The van der Waals surface area contributed by atoms with Gasteiger partial charge in [0.1, 0.15) is 5.60 Å². The lowest BCUT2D eigenvalue weighted by atomic mass is 9.48. The van der Waals surface area contributed by atoms with Gasteiger partial charge in [0.15, 0.2) is 0 Å². The molecule has 2 atom stereocenters. The molecule has 2 unspecified atom stereocenters. The van der Waals surface area contributed by atoms with Gasteiger partial charge in [-0.15, -0.1) is 0 Å². The molecule has 4 fully saturated rings. The maximum Gasteiger partial charge on any atom is 0.312 e. The maximum atomic E-state index is 12.8. The Balaban J connectivity index is 1.76. The van der Waals surface area contributed by atoms with Crippen molar-refractivity contribution in [2.75, 3.05) is 6.61 Å². The molecule has 4 saturated carbocycles. The van der Waals surface area contributed by atoms with E-state index in [1.165, 1.54) is 19.3 Å². The lowest BCUT2D eigenvalue weighted by Crippen LogP contribution is -2.59. The Labute approximate surface area is 154 Å². The minimum Gasteiger partial charge on any atom is -0.459 e. The largest absolute Gasteiger partial charge is 0.459 e. The van der Waals surface area contributed by atoms with E-state index in [0.29, 0.717) is 11.8 Å². The van der Waals surface area contributed by atoms with Crippen molar-refractivity contribution in [3.05, 3.63) is 0 Å². The highest BCUT2D eigenvalue weighted by Crippen LogP contribution is 2.63. The maximum absolute atomic E-state index is 12.8. The highest BCUT2D eigenvalue weighted by molar-refractivity contribution is 5.76. The lowest BCUT2D eigenvalue weighted by Gasteiger charge is -2.61. The van der Waals surface area contributed by atoms with Gasteiger partial charge in [0.25, 0.3) is 0 Å². The molecular weight excluding hydrogens is 312 g/mol. The Hall–Kier alpha value is -0.570. The molecule has 3 nitrogen and oxygen atoms in total. The average molecular weight is 351 g/mol. The zero-order valence-electron chi connectivity index (χ0n) is 17.2. The van der Waals surface area contributed by atoms with Crippen molar-refractivity contribution >= 4 is 5.97 Å². The first kappa shape index (κ1) is 19.2. The molecule has 0 aromatic carbocycles. The zero-order chi connectivity index (χ0) is 18.5. The summed E-state index contributed by atoms with van der Waals surface area (Å²) in [6.07, 6.45) is 8.88. The van der Waals surface area contributed by atoms with Gasteiger partial charge in [0.2, 0.25) is 0 Å². The van der Waals surface area contributed by atoms with Gasteiger partial charge in [0.05, 0.1) is 17.6 Å². The van der Waals surface area contributed by atoms with Crippen LogP contribution in [0.4, 0.5) is 0 Å². The van der Waals surface area contributed by atoms with Gasteiger partial charge in [-0.2, -0.15) is 0 Å². The predicted molar refractivity (Wildman–Crippen MR) is 100 cm³/mol. The van der Waals surface area contributed by atoms with Crippen LogP contribution in [0.25, 0.3) is 0 Å². The van der Waals surface area contributed by atoms with E-state index in [-0.39, 0.29) is 28.0 Å². The minimum atomic E-state index is -0.378. The van der Waals surface area contributed by atoms with Crippen LogP contribution in [0.5, 0.6) is 0 Å². The second-order valence-electron chi connectivity index (χ2n) is 10.7. The average Bonchev–Trinajstić information content (AvgIpc) is 2.51. The van der Waals surface area contributed by atoms with Crippen molar-refractivity contribution < 1.29 is 14.3 Å². The van der Waals surface area contributed by atoms with Crippen LogP contribution >= 0.6 is 0 Å². The van der Waals surface area contributed by atoms with E-state index < -0.39 is 0 Å². The van der Waals surface area contributed by atoms with Crippen LogP contribution in [0, 0.1) is 22.7 Å². The second kappa shape index (κ2) is 6.25. The fraction of sp³-hybridized carbons (Fsp3) is 0.955. The van der Waals surface area contributed by atoms with Crippen molar-refractivity contribution in [2.24, 2.45) is 22.7 Å². The summed E-state index contributed by atoms with van der Waals surface area (Å²) in [7, 11) is 0. The standard InChI is InChI=1S/C22H38O3/c1-7-19(3,4)18(23)25-22-12-16-9-17(13-22)11-21(10-16,14-22)15-24-20(5,6)8-2/h16-17H,7-15H2,1-6H3. The summed E-state index contributed by atoms with van der Waals surface area (Å²) in [4.78, 5) is 12.8. The summed E-state index contributed by atoms with van der Waals surface area (Å²) in [6.45, 7) is 13.5. The van der Waals surface area contributed by atoms with Crippen molar-refractivity contribution in [3.8, 4) is 0 Å². The quantitative estimate of drug-likeness (QED) is 0.568. The normalized spacial score (nSPS) is 37.4. The van der Waals surface area contributed by atoms with Crippen LogP contribution < -0.4 is 0 Å². The number of ether oxygens (including phenoxy) is 2. The van der Waals surface area contributed by atoms with Gasteiger partial charge < -0.3 is 9.47 Å². The first-order chi connectivity index (χ1) is 11.5. The van der Waals surface area contributed by atoms with E-state index in [2.05, 4.69) is 27.7 Å². The van der Waals surface area contributed by atoms with Crippen molar-refractivity contribution in [1.82, 2.24) is 0 Å². The molecule has 0 amide bonds. The highest BCUT2D eigenvalue weighted by Gasteiger charge is 2.60. The van der Waals surface area contributed by atoms with E-state index in [4.69, 9.17) is 9.47 Å². The number of carbonyl (C=O) groups is 1. The number of hydrogen-bond donors (Lipinski definition) is 0. The molecule has 25 heavy (non-hydrogen) atoms. The molecule has 4 aliphatic carbocycles. The van der Waals surface area contributed by atoms with Crippen LogP contribution in [-0.4, -0.2) is 23.8 Å². The fourth-order valence-electron chi connectivity index (χ4n) is 5.58. The Kier molecular flexibility index (Phi) is 4.80. The lowest BCUT2D eigenvalue weighted by molar-refractivity contribution is -0.222. The highest BCUT2D eigenvalue weighted by atomic mass is 16.6. The van der Waals surface area contributed by atoms with Crippen molar-refractivity contribution in [3.63, 3.8) is 0 Å². The molecule has 0 radical (unpaired) electrons. The first-order valence-electron chi connectivity index (χ1n) is 10.4. The van der Waals surface area contributed by atoms with Gasteiger partial charge in [-0.3, -0.25) is 4.79 Å². The summed E-state index contributed by atoms with van der Waals surface area (Å²) in [5.41, 5.74) is -0.422. The molecule has 0 heterocycles. The van der Waals surface area contributed by atoms with Crippen molar-refractivity contribution in [1.29, 1.82) is 0 Å². The minimum absolute atomic E-state index is 0.00177. The summed E-state index contributed by atoms with van der Waals surface area (Å²) in [5.74, 6) is 1.43. The predicted octanol–water partition coefficient (Wildman–Crippen LogP) is 5.51. The van der Waals surface area contributed by atoms with Gasteiger partial charge >= 0.3 is 5.97 Å². The fourth-order valence-corrected chi connectivity index (χ4v) is 5.58. The Morgan fingerprint density at radius 2 is 1.60 bits per heavy atom. The third kappa shape index (κ3) is 3.77. The van der Waals surface area contributed by atoms with E-state index in [9.17, 15) is 4.79 Å². The third-order valence-corrected chi connectivity index (χ3v) is 7.49. The monoisotopic (exact) mass is 350 g/mol. The first-order valence-corrected chi connectivity index (χ1v) is 10.4. The molecule has 3 heteroatoms. The molecule has 4 bridgehead atoms. The van der Waals surface area contributed by atoms with Gasteiger partial charge in [-0.1, -0.05) is 13.8 Å². The number of hydrogen-bond acceptors (Lipinski definition) is 3. The SMILES string of the molecule is CCC(C)(C)OCC12CC3CC(C1)CC(OC(=O)C(C)(C)CC)(C3)C2. The topological polar surface area (TPSA) is 35.5 Å². The van der Waals surface area contributed by atoms with Gasteiger partial charge in [0, 0.05) is 0 Å². The van der Waals surface area contributed by atoms with Crippen LogP contribution in [0.2, 0.25) is 0 Å². The molecular formula is C22H38O3. The summed E-state index contributed by atoms with van der Waals surface area (Å²) in [5, 5.41) is 0. The summed E-state index contributed by atoms with van der Waals surface area (Å²) in [6, 6.07) is 0. The number of rotatable bonds is 7. The van der Waals surface area contributed by atoms with Crippen molar-refractivity contribution in [2.45, 2.75) is 104 Å². The van der Waals surface area contributed by atoms with Crippen LogP contribution in [-0.2, 0) is 14.3 Å². The molecule has 0 spiro atoms. The number of esters is 1. The van der Waals surface area contributed by atoms with Crippen LogP contribution in [0.1, 0.15) is 92.9 Å². The van der Waals surface area contributed by atoms with Crippen LogP contribution in [0.15, 0.2) is 0 Å². The molecule has 0 saturated heterocycles. The summed E-state index contributed by atoms with van der Waals surface area (Å²) >= 11 is 0. The Morgan fingerprint density at radius 3 is 2.12 bits per heavy atom.